The molecule has 2 aromatic heterocycles. The van der Waals surface area contributed by atoms with E-state index in [1.807, 2.05) is 52.5 Å². The quantitative estimate of drug-likeness (QED) is 0.0857. The second-order valence-corrected chi connectivity index (χ2v) is 21.3. The van der Waals surface area contributed by atoms with Gasteiger partial charge < -0.3 is 33.5 Å². The van der Waals surface area contributed by atoms with Crippen molar-refractivity contribution < 1.29 is 46.8 Å². The van der Waals surface area contributed by atoms with Crippen molar-refractivity contribution in [1.29, 1.82) is 5.26 Å². The van der Waals surface area contributed by atoms with Crippen molar-refractivity contribution in [3.8, 4) is 23.2 Å². The van der Waals surface area contributed by atoms with Crippen LogP contribution in [0.15, 0.2) is 18.2 Å². The van der Waals surface area contributed by atoms with Crippen molar-refractivity contribution in [2.75, 3.05) is 63.3 Å². The Morgan fingerprint density at radius 3 is 2.16 bits per heavy atom. The van der Waals surface area contributed by atoms with Crippen LogP contribution in [0.3, 0.4) is 0 Å². The van der Waals surface area contributed by atoms with Gasteiger partial charge in [0, 0.05) is 42.6 Å². The molecule has 15 nitrogen and oxygen atoms in total. The summed E-state index contributed by atoms with van der Waals surface area (Å²) in [4.78, 5) is 52.2. The summed E-state index contributed by atoms with van der Waals surface area (Å²) in [6.45, 7) is 21.8. The van der Waals surface area contributed by atoms with E-state index >= 15 is 8.78 Å². The van der Waals surface area contributed by atoms with Crippen LogP contribution in [-0.4, -0.2) is 120 Å². The van der Waals surface area contributed by atoms with Gasteiger partial charge in [0.1, 0.15) is 45.0 Å². The highest BCUT2D eigenvalue weighted by molar-refractivity contribution is 7.23. The lowest BCUT2D eigenvalue weighted by molar-refractivity contribution is -0.156. The van der Waals surface area contributed by atoms with Gasteiger partial charge in [-0.2, -0.15) is 15.2 Å². The molecule has 7 rings (SSSR count). The van der Waals surface area contributed by atoms with Gasteiger partial charge in [-0.25, -0.2) is 18.4 Å². The van der Waals surface area contributed by atoms with E-state index in [0.29, 0.717) is 37.3 Å². The average Bonchev–Trinajstić information content (AvgIpc) is 3.94. The second-order valence-electron chi connectivity index (χ2n) is 19.9. The first kappa shape index (κ1) is 51.3. The lowest BCUT2D eigenvalue weighted by Crippen LogP contribution is -2.57. The van der Waals surface area contributed by atoms with Crippen LogP contribution >= 0.6 is 22.9 Å². The zero-order valence-electron chi connectivity index (χ0n) is 40.1. The molecule has 3 aliphatic heterocycles. The minimum Gasteiger partial charge on any atom is -0.467 e. The number of hydrogen-bond donors (Lipinski definition) is 1. The molecule has 67 heavy (non-hydrogen) atoms. The number of fused-ring (bicyclic) bond motifs is 4. The van der Waals surface area contributed by atoms with E-state index in [1.165, 1.54) is 39.1 Å². The number of likely N-dealkylation sites (tertiary alicyclic amines) is 1. The predicted octanol–water partition coefficient (Wildman–Crippen LogP) is 10.5. The number of carbonyl (C=O) groups is 3. The lowest BCUT2D eigenvalue weighted by atomic mass is 9.97. The van der Waals surface area contributed by atoms with Crippen LogP contribution in [0.5, 0.6) is 6.01 Å². The van der Waals surface area contributed by atoms with Gasteiger partial charge in [-0.1, -0.05) is 17.7 Å². The highest BCUT2D eigenvalue weighted by Crippen LogP contribution is 2.47. The molecule has 5 heterocycles. The van der Waals surface area contributed by atoms with Crippen molar-refractivity contribution in [2.24, 2.45) is 0 Å². The number of methoxy groups -OCH3 is 1. The number of halogens is 3. The van der Waals surface area contributed by atoms with Gasteiger partial charge in [-0.3, -0.25) is 15.0 Å². The van der Waals surface area contributed by atoms with Gasteiger partial charge in [0.05, 0.1) is 47.5 Å². The summed E-state index contributed by atoms with van der Waals surface area (Å²) in [5.41, 5.74) is -2.01. The van der Waals surface area contributed by atoms with Crippen LogP contribution < -0.4 is 15.0 Å². The molecule has 0 aliphatic carbocycles. The number of hydrogen-bond acceptors (Lipinski definition) is 14. The molecule has 4 aromatic rings. The maximum atomic E-state index is 16.9. The van der Waals surface area contributed by atoms with Crippen molar-refractivity contribution in [1.82, 2.24) is 19.8 Å². The van der Waals surface area contributed by atoms with Crippen LogP contribution in [-0.2, 0) is 23.7 Å². The zero-order valence-corrected chi connectivity index (χ0v) is 41.6. The monoisotopic (exact) mass is 969 g/mol. The van der Waals surface area contributed by atoms with Gasteiger partial charge >= 0.3 is 24.2 Å². The van der Waals surface area contributed by atoms with Gasteiger partial charge in [0.2, 0.25) is 0 Å². The first-order valence-corrected chi connectivity index (χ1v) is 23.8. The molecule has 2 unspecified atom stereocenters. The summed E-state index contributed by atoms with van der Waals surface area (Å²) in [6.07, 6.45) is 4.40. The Morgan fingerprint density at radius 1 is 0.925 bits per heavy atom. The number of carbonyl (C=O) groups excluding carboxylic acids is 3. The van der Waals surface area contributed by atoms with Crippen molar-refractivity contribution >= 4 is 72.9 Å². The number of thiophene rings is 1. The average molecular weight is 971 g/mol. The zero-order chi connectivity index (χ0) is 49.0. The summed E-state index contributed by atoms with van der Waals surface area (Å²) in [7, 11) is 1.37. The Kier molecular flexibility index (Phi) is 16.1. The van der Waals surface area contributed by atoms with Crippen molar-refractivity contribution in [3.63, 3.8) is 0 Å². The number of piperazine rings is 1. The van der Waals surface area contributed by atoms with Crippen LogP contribution in [0, 0.1) is 23.0 Å². The second kappa shape index (κ2) is 21.1. The fraction of sp³-hybridized carbons (Fsp3) is 0.583. The standard InChI is InChI=1S/C34H35ClF2N6O5S.C14H27NO3/c1-33(2,3)47-31(44)41-29-20(13-38)23-18(10-11-22(36)27(23)49-29)24-21(35)12-19-26(25(24)37)39-30(46-7)40-28(19)42-14-16-8-9-17(15-42)43(16)32(45)48-34(4,5)6;1-14(2,3)18-13(16)7-12-17-11-6-10-15-8-4-5-9-15/h10-12,16-17H,8-9,14-15H2,1-7H3,(H,41,44);4-12H2,1-3H3. The highest BCUT2D eigenvalue weighted by Gasteiger charge is 2.45. The Hall–Kier alpha value is -5.09. The van der Waals surface area contributed by atoms with Gasteiger partial charge in [-0.15, -0.1) is 11.3 Å². The summed E-state index contributed by atoms with van der Waals surface area (Å²) in [5.74, 6) is -1.29. The van der Waals surface area contributed by atoms with Crippen LogP contribution in [0.1, 0.15) is 106 Å². The Morgan fingerprint density at radius 2 is 1.57 bits per heavy atom. The van der Waals surface area contributed by atoms with E-state index in [-0.39, 0.29) is 72.5 Å². The molecule has 1 N–H and O–H groups in total. The van der Waals surface area contributed by atoms with E-state index in [9.17, 15) is 19.6 Å². The van der Waals surface area contributed by atoms with E-state index in [2.05, 4.69) is 20.2 Å². The largest absolute Gasteiger partial charge is 0.467 e. The molecule has 3 saturated heterocycles. The van der Waals surface area contributed by atoms with Crippen LogP contribution in [0.2, 0.25) is 5.02 Å². The van der Waals surface area contributed by atoms with E-state index in [0.717, 1.165) is 49.8 Å². The number of rotatable bonds is 11. The number of nitriles is 1. The van der Waals surface area contributed by atoms with Crippen molar-refractivity contribution in [2.45, 2.75) is 130 Å². The third kappa shape index (κ3) is 12.9. The molecule has 3 aliphatic rings. The number of amides is 2. The lowest BCUT2D eigenvalue weighted by Gasteiger charge is -2.42. The smallest absolute Gasteiger partial charge is 0.412 e. The normalized spacial score (nSPS) is 17.6. The molecule has 19 heteroatoms. The van der Waals surface area contributed by atoms with Gasteiger partial charge in [0.15, 0.2) is 5.82 Å². The number of anilines is 2. The topological polar surface area (TPSA) is 169 Å². The fourth-order valence-corrected chi connectivity index (χ4v) is 9.81. The summed E-state index contributed by atoms with van der Waals surface area (Å²) in [5, 5.41) is 13.1. The number of nitrogens with zero attached hydrogens (tertiary/aromatic N) is 6. The molecular formula is C48H62ClF2N7O8S. The Bertz CT molecular complexity index is 2490. The SMILES string of the molecule is CC(C)(C)OC(=O)CCOCCCN1CCCC1.COc1nc(N2CC3CCC(C2)N3C(=O)OC(C)(C)C)c2cc(Cl)c(-c3ccc(F)c4sc(NC(=O)OC(C)(C)C)c(C#N)c34)c(F)c2n1. The molecule has 0 spiro atoms. The predicted molar refractivity (Wildman–Crippen MR) is 255 cm³/mol. The molecule has 2 aromatic carbocycles. The van der Waals surface area contributed by atoms with Crippen LogP contribution in [0.4, 0.5) is 29.2 Å². The van der Waals surface area contributed by atoms with E-state index in [4.69, 9.17) is 35.3 Å². The molecule has 364 valence electrons. The summed E-state index contributed by atoms with van der Waals surface area (Å²) < 4.78 is 59.1. The first-order valence-electron chi connectivity index (χ1n) is 22.6. The Labute approximate surface area is 400 Å². The number of ether oxygens (including phenoxy) is 5. The molecule has 0 radical (unpaired) electrons. The molecule has 0 saturated carbocycles. The fourth-order valence-electron chi connectivity index (χ4n) is 8.45. The van der Waals surface area contributed by atoms with Crippen molar-refractivity contribution in [3.05, 3.63) is 40.4 Å². The van der Waals surface area contributed by atoms with E-state index in [1.54, 1.807) is 31.7 Å². The number of esters is 1. The molecule has 2 amide bonds. The molecule has 3 fully saturated rings. The minimum absolute atomic E-state index is 0.0231. The molecular weight excluding hydrogens is 908 g/mol. The van der Waals surface area contributed by atoms with Crippen LogP contribution in [0.25, 0.3) is 32.1 Å². The molecule has 2 bridgehead atoms. The summed E-state index contributed by atoms with van der Waals surface area (Å²) in [6, 6.07) is 5.67. The number of aromatic nitrogens is 2. The maximum absolute atomic E-state index is 16.9. The van der Waals surface area contributed by atoms with Gasteiger partial charge in [-0.05, 0) is 125 Å². The number of benzene rings is 2. The molecule has 2 atom stereocenters. The summed E-state index contributed by atoms with van der Waals surface area (Å²) >= 11 is 7.67. The Balaban J connectivity index is 0.000000346. The first-order chi connectivity index (χ1) is 31.5. The number of nitrogens with one attached hydrogen (secondary N) is 1. The van der Waals surface area contributed by atoms with Gasteiger partial charge in [0.25, 0.3) is 0 Å². The minimum atomic E-state index is -0.830. The third-order valence-electron chi connectivity index (χ3n) is 11.0. The third-order valence-corrected chi connectivity index (χ3v) is 12.4. The van der Waals surface area contributed by atoms with E-state index < -0.39 is 34.5 Å². The highest BCUT2D eigenvalue weighted by atomic mass is 35.5. The maximum Gasteiger partial charge on any atom is 0.412 e.